The van der Waals surface area contributed by atoms with Gasteiger partial charge in [0.25, 0.3) is 0 Å². The number of ether oxygens (including phenoxy) is 1. The molecule has 0 bridgehead atoms. The average Bonchev–Trinajstić information content (AvgIpc) is 2.28. The molecule has 0 aromatic heterocycles. The predicted octanol–water partition coefficient (Wildman–Crippen LogP) is 3.14. The molecule has 0 radical (unpaired) electrons. The third-order valence-corrected chi connectivity index (χ3v) is 3.63. The summed E-state index contributed by atoms with van der Waals surface area (Å²) in [7, 11) is 0. The highest BCUT2D eigenvalue weighted by molar-refractivity contribution is 5.76. The number of hydrogen-bond donors (Lipinski definition) is 2. The van der Waals surface area contributed by atoms with Gasteiger partial charge in [-0.25, -0.2) is 0 Å². The molecule has 4 heteroatoms. The van der Waals surface area contributed by atoms with Crippen LogP contribution in [0.15, 0.2) is 24.3 Å². The number of rotatable bonds is 6. The number of carbonyl (C=O) groups is 1. The van der Waals surface area contributed by atoms with Crippen LogP contribution in [-0.2, 0) is 4.79 Å². The van der Waals surface area contributed by atoms with Crippen molar-refractivity contribution in [1.82, 2.24) is 0 Å². The van der Waals surface area contributed by atoms with Crippen LogP contribution in [0.25, 0.3) is 0 Å². The molecule has 0 amide bonds. The van der Waals surface area contributed by atoms with Gasteiger partial charge in [0.05, 0.1) is 17.2 Å². The first-order valence-corrected chi connectivity index (χ1v) is 6.76. The first-order chi connectivity index (χ1) is 9.03. The number of carboxylic acid groups (broad SMARTS) is 1. The average molecular weight is 263 g/mol. The molecule has 0 aliphatic heterocycles. The van der Waals surface area contributed by atoms with Gasteiger partial charge in [-0.2, -0.15) is 0 Å². The van der Waals surface area contributed by atoms with E-state index in [4.69, 9.17) is 4.74 Å². The van der Waals surface area contributed by atoms with E-state index < -0.39 is 11.4 Å². The third-order valence-electron chi connectivity index (χ3n) is 3.63. The fraction of sp³-hybridized carbons (Fsp3) is 0.533. The second kappa shape index (κ2) is 5.51. The molecule has 2 N–H and O–H groups in total. The predicted molar refractivity (Wildman–Crippen MR) is 74.6 cm³/mol. The van der Waals surface area contributed by atoms with E-state index in [-0.39, 0.29) is 6.10 Å². The largest absolute Gasteiger partial charge is 0.489 e. The summed E-state index contributed by atoms with van der Waals surface area (Å²) in [5, 5.41) is 12.5. The van der Waals surface area contributed by atoms with Crippen LogP contribution in [0.2, 0.25) is 0 Å². The molecule has 104 valence electrons. The van der Waals surface area contributed by atoms with Gasteiger partial charge in [-0.1, -0.05) is 18.6 Å². The second-order valence-corrected chi connectivity index (χ2v) is 5.46. The highest BCUT2D eigenvalue weighted by atomic mass is 16.5. The van der Waals surface area contributed by atoms with Gasteiger partial charge in [0, 0.05) is 6.54 Å². The summed E-state index contributed by atoms with van der Waals surface area (Å²) in [6.45, 7) is 4.41. The maximum atomic E-state index is 11.3. The highest BCUT2D eigenvalue weighted by Crippen LogP contribution is 2.41. The molecule has 0 unspecified atom stereocenters. The SMILES string of the molecule is CC(C)Oc1ccccc1NCC1(C(=O)O)CCC1. The number of anilines is 1. The normalized spacial score (nSPS) is 16.8. The molecule has 0 spiro atoms. The smallest absolute Gasteiger partial charge is 0.311 e. The molecular weight excluding hydrogens is 242 g/mol. The molecule has 0 saturated heterocycles. The summed E-state index contributed by atoms with van der Waals surface area (Å²) in [5.41, 5.74) is 0.272. The lowest BCUT2D eigenvalue weighted by molar-refractivity contribution is -0.153. The summed E-state index contributed by atoms with van der Waals surface area (Å²) in [6, 6.07) is 7.66. The number of para-hydroxylation sites is 2. The first kappa shape index (κ1) is 13.7. The van der Waals surface area contributed by atoms with Crippen molar-refractivity contribution in [2.75, 3.05) is 11.9 Å². The van der Waals surface area contributed by atoms with Crippen LogP contribution in [0.4, 0.5) is 5.69 Å². The van der Waals surface area contributed by atoms with Gasteiger partial charge in [-0.15, -0.1) is 0 Å². The summed E-state index contributed by atoms with van der Waals surface area (Å²) in [6.07, 6.45) is 2.60. The van der Waals surface area contributed by atoms with Gasteiger partial charge in [0.15, 0.2) is 0 Å². The molecule has 1 aliphatic carbocycles. The number of aliphatic carboxylic acids is 1. The quantitative estimate of drug-likeness (QED) is 0.827. The molecule has 19 heavy (non-hydrogen) atoms. The summed E-state index contributed by atoms with van der Waals surface area (Å²) in [5.74, 6) is 0.0749. The monoisotopic (exact) mass is 263 g/mol. The molecule has 4 nitrogen and oxygen atoms in total. The van der Waals surface area contributed by atoms with E-state index in [9.17, 15) is 9.90 Å². The van der Waals surface area contributed by atoms with Crippen LogP contribution < -0.4 is 10.1 Å². The number of carboxylic acids is 1. The highest BCUT2D eigenvalue weighted by Gasteiger charge is 2.44. The number of nitrogens with one attached hydrogen (secondary N) is 1. The Morgan fingerprint density at radius 1 is 1.42 bits per heavy atom. The van der Waals surface area contributed by atoms with Crippen molar-refractivity contribution in [2.24, 2.45) is 5.41 Å². The molecule has 1 fully saturated rings. The van der Waals surface area contributed by atoms with E-state index in [1.807, 2.05) is 38.1 Å². The number of benzene rings is 1. The molecule has 0 atom stereocenters. The fourth-order valence-electron chi connectivity index (χ4n) is 2.30. The van der Waals surface area contributed by atoms with Crippen LogP contribution in [0.3, 0.4) is 0 Å². The molecule has 2 rings (SSSR count). The third kappa shape index (κ3) is 3.00. The first-order valence-electron chi connectivity index (χ1n) is 6.76. The maximum absolute atomic E-state index is 11.3. The summed E-state index contributed by atoms with van der Waals surface area (Å²) in [4.78, 5) is 11.3. The van der Waals surface area contributed by atoms with Crippen molar-refractivity contribution < 1.29 is 14.6 Å². The molecule has 1 saturated carbocycles. The van der Waals surface area contributed by atoms with Crippen LogP contribution in [-0.4, -0.2) is 23.7 Å². The minimum absolute atomic E-state index is 0.0973. The zero-order valence-corrected chi connectivity index (χ0v) is 11.5. The Labute approximate surface area is 113 Å². The van der Waals surface area contributed by atoms with Crippen LogP contribution >= 0.6 is 0 Å². The van der Waals surface area contributed by atoms with Crippen molar-refractivity contribution >= 4 is 11.7 Å². The van der Waals surface area contributed by atoms with Gasteiger partial charge >= 0.3 is 5.97 Å². The standard InChI is InChI=1S/C15H21NO3/c1-11(2)19-13-7-4-3-6-12(13)16-10-15(14(17)18)8-5-9-15/h3-4,6-7,11,16H,5,8-10H2,1-2H3,(H,17,18). The molecule has 1 aromatic carbocycles. The minimum atomic E-state index is -0.700. The lowest BCUT2D eigenvalue weighted by Crippen LogP contribution is -2.43. The van der Waals surface area contributed by atoms with Crippen LogP contribution in [0.1, 0.15) is 33.1 Å². The Bertz CT molecular complexity index is 452. The van der Waals surface area contributed by atoms with Crippen molar-refractivity contribution in [3.63, 3.8) is 0 Å². The van der Waals surface area contributed by atoms with Crippen LogP contribution in [0, 0.1) is 5.41 Å². The second-order valence-electron chi connectivity index (χ2n) is 5.46. The van der Waals surface area contributed by atoms with E-state index >= 15 is 0 Å². The van der Waals surface area contributed by atoms with Crippen molar-refractivity contribution in [3.05, 3.63) is 24.3 Å². The Balaban J connectivity index is 2.05. The lowest BCUT2D eigenvalue weighted by atomic mass is 9.69. The molecule has 1 aromatic rings. The van der Waals surface area contributed by atoms with Gasteiger partial charge in [-0.3, -0.25) is 4.79 Å². The fourth-order valence-corrected chi connectivity index (χ4v) is 2.30. The van der Waals surface area contributed by atoms with E-state index in [0.717, 1.165) is 30.7 Å². The lowest BCUT2D eigenvalue weighted by Gasteiger charge is -2.38. The zero-order chi connectivity index (χ0) is 13.9. The Kier molecular flexibility index (Phi) is 3.98. The zero-order valence-electron chi connectivity index (χ0n) is 11.5. The Hall–Kier alpha value is -1.71. The summed E-state index contributed by atoms with van der Waals surface area (Å²) < 4.78 is 5.71. The van der Waals surface area contributed by atoms with Gasteiger partial charge < -0.3 is 15.2 Å². The van der Waals surface area contributed by atoms with E-state index in [2.05, 4.69) is 5.32 Å². The molecule has 1 aliphatic rings. The number of hydrogen-bond acceptors (Lipinski definition) is 3. The van der Waals surface area contributed by atoms with Crippen molar-refractivity contribution in [3.8, 4) is 5.75 Å². The van der Waals surface area contributed by atoms with Crippen molar-refractivity contribution in [2.45, 2.75) is 39.2 Å². The van der Waals surface area contributed by atoms with Crippen molar-refractivity contribution in [1.29, 1.82) is 0 Å². The van der Waals surface area contributed by atoms with E-state index in [1.165, 1.54) is 0 Å². The van der Waals surface area contributed by atoms with Crippen LogP contribution in [0.5, 0.6) is 5.75 Å². The van der Waals surface area contributed by atoms with Gasteiger partial charge in [0.2, 0.25) is 0 Å². The Morgan fingerprint density at radius 2 is 2.11 bits per heavy atom. The Morgan fingerprint density at radius 3 is 2.63 bits per heavy atom. The molecule has 0 heterocycles. The van der Waals surface area contributed by atoms with E-state index in [1.54, 1.807) is 0 Å². The molecular formula is C15H21NO3. The van der Waals surface area contributed by atoms with Gasteiger partial charge in [0.1, 0.15) is 5.75 Å². The van der Waals surface area contributed by atoms with Gasteiger partial charge in [-0.05, 0) is 38.8 Å². The van der Waals surface area contributed by atoms with E-state index in [0.29, 0.717) is 6.54 Å². The summed E-state index contributed by atoms with van der Waals surface area (Å²) >= 11 is 0. The maximum Gasteiger partial charge on any atom is 0.311 e. The topological polar surface area (TPSA) is 58.6 Å². The minimum Gasteiger partial charge on any atom is -0.489 e.